The van der Waals surface area contributed by atoms with Gasteiger partial charge in [-0.2, -0.15) is 0 Å². The summed E-state index contributed by atoms with van der Waals surface area (Å²) in [5.74, 6) is 5.42. The molecular formula is C34H63N5O. The lowest BCUT2D eigenvalue weighted by Crippen LogP contribution is -2.59. The maximum atomic E-state index is 11.7. The first-order chi connectivity index (χ1) is 19.2. The summed E-state index contributed by atoms with van der Waals surface area (Å²) in [5.41, 5.74) is 9.16. The van der Waals surface area contributed by atoms with Crippen molar-refractivity contribution in [1.29, 1.82) is 0 Å². The molecule has 0 radical (unpaired) electrons. The quantitative estimate of drug-likeness (QED) is 0.0821. The van der Waals surface area contributed by atoms with Crippen LogP contribution in [0.3, 0.4) is 0 Å². The molecule has 230 valence electrons. The fraction of sp³-hybridized carbons (Fsp3) is 1.00. The van der Waals surface area contributed by atoms with E-state index in [-0.39, 0.29) is 6.10 Å². The molecule has 0 bridgehead atoms. The minimum atomic E-state index is -0.118. The zero-order chi connectivity index (χ0) is 28.8. The van der Waals surface area contributed by atoms with Crippen LogP contribution in [-0.4, -0.2) is 43.4 Å². The van der Waals surface area contributed by atoms with Crippen LogP contribution in [0.4, 0.5) is 0 Å². The molecule has 0 amide bonds. The van der Waals surface area contributed by atoms with Gasteiger partial charge in [-0.15, -0.1) is 0 Å². The van der Waals surface area contributed by atoms with Crippen LogP contribution in [0.1, 0.15) is 125 Å². The van der Waals surface area contributed by atoms with Crippen LogP contribution in [0.25, 0.3) is 10.4 Å². The van der Waals surface area contributed by atoms with Gasteiger partial charge in [0, 0.05) is 17.5 Å². The van der Waals surface area contributed by atoms with Gasteiger partial charge >= 0.3 is 0 Å². The highest BCUT2D eigenvalue weighted by molar-refractivity contribution is 5.11. The van der Waals surface area contributed by atoms with Gasteiger partial charge in [0.1, 0.15) is 0 Å². The molecule has 40 heavy (non-hydrogen) atoms. The van der Waals surface area contributed by atoms with E-state index in [1.165, 1.54) is 57.8 Å². The summed E-state index contributed by atoms with van der Waals surface area (Å²) in [6.07, 6.45) is 17.7. The fourth-order valence-electron chi connectivity index (χ4n) is 10.6. The number of unbranched alkanes of at least 4 members (excludes halogenated alkanes) is 1. The molecule has 4 aliphatic rings. The smallest absolute Gasteiger partial charge is 0.0577 e. The van der Waals surface area contributed by atoms with Crippen LogP contribution in [0.15, 0.2) is 5.11 Å². The van der Waals surface area contributed by atoms with E-state index in [1.807, 2.05) is 0 Å². The third kappa shape index (κ3) is 7.21. The molecule has 10 atom stereocenters. The van der Waals surface area contributed by atoms with E-state index in [0.717, 1.165) is 87.2 Å². The number of aliphatic hydroxyl groups is 1. The number of nitrogens with zero attached hydrogens (tertiary/aromatic N) is 3. The highest BCUT2D eigenvalue weighted by Gasteiger charge is 2.62. The molecule has 6 nitrogen and oxygen atoms in total. The SMILES string of the molecule is CC(C)CCC[C@@H](C)C1CCC2C3CC(O)[C@H]4C[C@H](NCCCNCCCCN=[N+]=[N-])CCC4(C)C3CCC21C. The third-order valence-electron chi connectivity index (χ3n) is 12.8. The lowest BCUT2D eigenvalue weighted by atomic mass is 9.43. The largest absolute Gasteiger partial charge is 0.393 e. The number of fused-ring (bicyclic) bond motifs is 5. The molecule has 4 rings (SSSR count). The molecule has 0 aromatic carbocycles. The standard InChI is InChI=1S/C34H63N5O/c1-24(2)10-8-11-25(3)28-12-13-29-27-23-32(40)31-22-26(37-20-9-19-36-18-6-7-21-38-39-35)14-16-34(31,5)30(27)15-17-33(28,29)4/h24-32,36-37,40H,6-23H2,1-5H3/t25-,26-,27?,28?,29?,30?,31-,32?,33?,34?/m1/s1. The van der Waals surface area contributed by atoms with Crippen molar-refractivity contribution in [2.24, 2.45) is 57.4 Å². The predicted molar refractivity (Wildman–Crippen MR) is 167 cm³/mol. The molecule has 6 heteroatoms. The highest BCUT2D eigenvalue weighted by atomic mass is 16.3. The Kier molecular flexibility index (Phi) is 11.7. The summed E-state index contributed by atoms with van der Waals surface area (Å²) in [5, 5.41) is 22.6. The Bertz CT molecular complexity index is 829. The van der Waals surface area contributed by atoms with Gasteiger partial charge < -0.3 is 15.7 Å². The van der Waals surface area contributed by atoms with E-state index in [0.29, 0.717) is 29.3 Å². The molecule has 0 aromatic rings. The second-order valence-electron chi connectivity index (χ2n) is 15.5. The van der Waals surface area contributed by atoms with E-state index in [9.17, 15) is 5.11 Å². The average molecular weight is 558 g/mol. The van der Waals surface area contributed by atoms with Crippen molar-refractivity contribution in [2.45, 2.75) is 137 Å². The first kappa shape index (κ1) is 32.1. The second kappa shape index (κ2) is 14.6. The monoisotopic (exact) mass is 558 g/mol. The fourth-order valence-corrected chi connectivity index (χ4v) is 10.6. The number of aliphatic hydroxyl groups excluding tert-OH is 1. The van der Waals surface area contributed by atoms with E-state index >= 15 is 0 Å². The number of nitrogens with one attached hydrogen (secondary N) is 2. The maximum absolute atomic E-state index is 11.7. The Morgan fingerprint density at radius 2 is 1.60 bits per heavy atom. The van der Waals surface area contributed by atoms with Gasteiger partial charge in [-0.25, -0.2) is 0 Å². The Labute approximate surface area is 246 Å². The number of hydrogen-bond donors (Lipinski definition) is 3. The van der Waals surface area contributed by atoms with E-state index in [4.69, 9.17) is 5.53 Å². The molecule has 0 spiro atoms. The summed E-state index contributed by atoms with van der Waals surface area (Å²) in [6, 6.07) is 0.560. The zero-order valence-electron chi connectivity index (χ0n) is 26.7. The molecule has 0 saturated heterocycles. The van der Waals surface area contributed by atoms with Crippen LogP contribution < -0.4 is 10.6 Å². The summed E-state index contributed by atoms with van der Waals surface area (Å²) in [6.45, 7) is 16.2. The predicted octanol–water partition coefficient (Wildman–Crippen LogP) is 8.11. The minimum absolute atomic E-state index is 0.118. The molecule has 0 aromatic heterocycles. The van der Waals surface area contributed by atoms with Crippen LogP contribution >= 0.6 is 0 Å². The topological polar surface area (TPSA) is 93.0 Å². The van der Waals surface area contributed by atoms with Crippen molar-refractivity contribution in [1.82, 2.24) is 10.6 Å². The Morgan fingerprint density at radius 3 is 2.38 bits per heavy atom. The van der Waals surface area contributed by atoms with Gasteiger partial charge in [-0.05, 0) is 148 Å². The third-order valence-corrected chi connectivity index (χ3v) is 12.8. The lowest BCUT2D eigenvalue weighted by Gasteiger charge is -2.62. The van der Waals surface area contributed by atoms with Crippen molar-refractivity contribution in [3.05, 3.63) is 10.4 Å². The molecule has 0 aliphatic heterocycles. The average Bonchev–Trinajstić information content (AvgIpc) is 3.27. The summed E-state index contributed by atoms with van der Waals surface area (Å²) in [4.78, 5) is 2.81. The van der Waals surface area contributed by atoms with Crippen molar-refractivity contribution in [3.63, 3.8) is 0 Å². The molecule has 4 aliphatic carbocycles. The summed E-state index contributed by atoms with van der Waals surface area (Å²) in [7, 11) is 0. The van der Waals surface area contributed by atoms with Gasteiger partial charge in [-0.3, -0.25) is 0 Å². The molecule has 0 heterocycles. The van der Waals surface area contributed by atoms with Crippen molar-refractivity contribution in [3.8, 4) is 0 Å². The number of azide groups is 1. The Morgan fingerprint density at radius 1 is 0.850 bits per heavy atom. The molecule has 4 saturated carbocycles. The first-order valence-corrected chi connectivity index (χ1v) is 17.3. The van der Waals surface area contributed by atoms with E-state index in [1.54, 1.807) is 0 Å². The van der Waals surface area contributed by atoms with Crippen LogP contribution in [0, 0.1) is 52.3 Å². The Balaban J connectivity index is 1.25. The second-order valence-corrected chi connectivity index (χ2v) is 15.5. The van der Waals surface area contributed by atoms with Crippen molar-refractivity contribution < 1.29 is 5.11 Å². The van der Waals surface area contributed by atoms with Gasteiger partial charge in [0.2, 0.25) is 0 Å². The first-order valence-electron chi connectivity index (χ1n) is 17.3. The lowest BCUT2D eigenvalue weighted by molar-refractivity contribution is -0.162. The normalized spacial score (nSPS) is 39.7. The summed E-state index contributed by atoms with van der Waals surface area (Å²) < 4.78 is 0. The van der Waals surface area contributed by atoms with Crippen LogP contribution in [0.2, 0.25) is 0 Å². The van der Waals surface area contributed by atoms with E-state index in [2.05, 4.69) is 55.3 Å². The van der Waals surface area contributed by atoms with E-state index < -0.39 is 0 Å². The van der Waals surface area contributed by atoms with Crippen LogP contribution in [0.5, 0.6) is 0 Å². The maximum Gasteiger partial charge on any atom is 0.0577 e. The van der Waals surface area contributed by atoms with Gasteiger partial charge in [0.05, 0.1) is 6.10 Å². The molecule has 4 fully saturated rings. The highest BCUT2D eigenvalue weighted by Crippen LogP contribution is 2.68. The molecule has 7 unspecified atom stereocenters. The van der Waals surface area contributed by atoms with Gasteiger partial charge in [0.25, 0.3) is 0 Å². The zero-order valence-corrected chi connectivity index (χ0v) is 26.7. The molecular weight excluding hydrogens is 494 g/mol. The molecule has 3 N–H and O–H groups in total. The van der Waals surface area contributed by atoms with Crippen LogP contribution in [-0.2, 0) is 0 Å². The minimum Gasteiger partial charge on any atom is -0.393 e. The van der Waals surface area contributed by atoms with Gasteiger partial charge in [0.15, 0.2) is 0 Å². The summed E-state index contributed by atoms with van der Waals surface area (Å²) >= 11 is 0. The van der Waals surface area contributed by atoms with Gasteiger partial charge in [-0.1, -0.05) is 59.0 Å². The van der Waals surface area contributed by atoms with Crippen molar-refractivity contribution in [2.75, 3.05) is 26.2 Å². The van der Waals surface area contributed by atoms with Crippen molar-refractivity contribution >= 4 is 0 Å². The Hall–Kier alpha value is -0.810. The number of rotatable bonds is 15. The number of hydrogen-bond acceptors (Lipinski definition) is 4.